The van der Waals surface area contributed by atoms with Gasteiger partial charge in [0.2, 0.25) is 5.91 Å². The Balaban J connectivity index is 2.17. The van der Waals surface area contributed by atoms with Gasteiger partial charge in [0.25, 0.3) is 0 Å². The second-order valence-electron chi connectivity index (χ2n) is 5.56. The maximum absolute atomic E-state index is 11.4. The van der Waals surface area contributed by atoms with Crippen LogP contribution in [-0.4, -0.2) is 30.7 Å². The third-order valence-electron chi connectivity index (χ3n) is 2.71. The minimum absolute atomic E-state index is 0.0609. The van der Waals surface area contributed by atoms with E-state index < -0.39 is 5.60 Å². The number of ether oxygens (including phenoxy) is 1. The average Bonchev–Trinajstić information content (AvgIpc) is 2.11. The van der Waals surface area contributed by atoms with Gasteiger partial charge in [-0.05, 0) is 39.5 Å². The van der Waals surface area contributed by atoms with E-state index in [1.807, 2.05) is 20.8 Å². The van der Waals surface area contributed by atoms with Crippen molar-refractivity contribution in [2.75, 3.05) is 7.05 Å². The first-order valence-electron chi connectivity index (χ1n) is 6.00. The zero-order valence-corrected chi connectivity index (χ0v) is 11.0. The van der Waals surface area contributed by atoms with Crippen LogP contribution in [0.15, 0.2) is 0 Å². The Bertz CT molecular complexity index is 291. The number of alkyl carbamates (subject to hydrolysis) is 1. The molecule has 0 aliphatic heterocycles. The first-order chi connectivity index (χ1) is 7.80. The molecule has 0 aromatic heterocycles. The fourth-order valence-electron chi connectivity index (χ4n) is 1.86. The Morgan fingerprint density at radius 1 is 1.29 bits per heavy atom. The third-order valence-corrected chi connectivity index (χ3v) is 2.71. The lowest BCUT2D eigenvalue weighted by atomic mass is 9.78. The lowest BCUT2D eigenvalue weighted by molar-refractivity contribution is -0.122. The van der Waals surface area contributed by atoms with E-state index in [1.165, 1.54) is 0 Å². The van der Waals surface area contributed by atoms with Gasteiger partial charge in [0.15, 0.2) is 0 Å². The van der Waals surface area contributed by atoms with Crippen molar-refractivity contribution in [1.29, 1.82) is 0 Å². The minimum atomic E-state index is -0.463. The van der Waals surface area contributed by atoms with Crippen LogP contribution in [0, 0.1) is 5.92 Å². The largest absolute Gasteiger partial charge is 0.444 e. The molecular weight excluding hydrogens is 220 g/mol. The van der Waals surface area contributed by atoms with E-state index in [-0.39, 0.29) is 18.0 Å². The molecule has 98 valence electrons. The molecule has 0 aromatic carbocycles. The van der Waals surface area contributed by atoms with Crippen LogP contribution in [-0.2, 0) is 9.53 Å². The Morgan fingerprint density at radius 3 is 2.35 bits per heavy atom. The van der Waals surface area contributed by atoms with Gasteiger partial charge in [-0.3, -0.25) is 4.79 Å². The fraction of sp³-hybridized carbons (Fsp3) is 0.833. The van der Waals surface area contributed by atoms with Crippen LogP contribution in [0.25, 0.3) is 0 Å². The lowest BCUT2D eigenvalue weighted by Gasteiger charge is -2.35. The van der Waals surface area contributed by atoms with Crippen molar-refractivity contribution in [3.8, 4) is 0 Å². The SMILES string of the molecule is CNC(=O)CC1CC(NC(=O)OC(C)(C)C)C1. The first-order valence-corrected chi connectivity index (χ1v) is 6.00. The summed E-state index contributed by atoms with van der Waals surface area (Å²) in [5.74, 6) is 0.445. The van der Waals surface area contributed by atoms with Crippen molar-refractivity contribution in [2.24, 2.45) is 5.92 Å². The van der Waals surface area contributed by atoms with Gasteiger partial charge in [0, 0.05) is 19.5 Å². The summed E-state index contributed by atoms with van der Waals surface area (Å²) in [6, 6.07) is 0.152. The molecule has 0 saturated heterocycles. The van der Waals surface area contributed by atoms with E-state index in [0.29, 0.717) is 12.3 Å². The Hall–Kier alpha value is -1.26. The van der Waals surface area contributed by atoms with Gasteiger partial charge >= 0.3 is 6.09 Å². The Kier molecular flexibility index (Phi) is 4.37. The normalized spacial score (nSPS) is 23.5. The van der Waals surface area contributed by atoms with Crippen LogP contribution in [0.4, 0.5) is 4.79 Å². The van der Waals surface area contributed by atoms with Gasteiger partial charge in [-0.2, -0.15) is 0 Å². The molecule has 0 radical (unpaired) electrons. The molecule has 2 amide bonds. The van der Waals surface area contributed by atoms with Gasteiger partial charge in [-0.15, -0.1) is 0 Å². The van der Waals surface area contributed by atoms with E-state index in [1.54, 1.807) is 7.05 Å². The summed E-state index contributed by atoms with van der Waals surface area (Å²) in [5, 5.41) is 5.40. The van der Waals surface area contributed by atoms with Crippen LogP contribution in [0.2, 0.25) is 0 Å². The Labute approximate surface area is 102 Å². The summed E-state index contributed by atoms with van der Waals surface area (Å²) in [7, 11) is 1.64. The topological polar surface area (TPSA) is 67.4 Å². The summed E-state index contributed by atoms with van der Waals surface area (Å²) in [5.41, 5.74) is -0.463. The zero-order chi connectivity index (χ0) is 13.1. The molecule has 0 heterocycles. The van der Waals surface area contributed by atoms with E-state index in [9.17, 15) is 9.59 Å². The van der Waals surface area contributed by atoms with Crippen LogP contribution in [0.5, 0.6) is 0 Å². The standard InChI is InChI=1S/C12H22N2O3/c1-12(2,3)17-11(16)14-9-5-8(6-9)7-10(15)13-4/h8-9H,5-7H2,1-4H3,(H,13,15)(H,14,16). The van der Waals surface area contributed by atoms with Crippen LogP contribution in [0.3, 0.4) is 0 Å². The first kappa shape index (κ1) is 13.8. The summed E-state index contributed by atoms with van der Waals surface area (Å²) in [6.07, 6.45) is 1.88. The highest BCUT2D eigenvalue weighted by molar-refractivity contribution is 5.76. The van der Waals surface area contributed by atoms with Crippen LogP contribution >= 0.6 is 0 Å². The quantitative estimate of drug-likeness (QED) is 0.786. The number of carbonyl (C=O) groups is 2. The molecule has 17 heavy (non-hydrogen) atoms. The van der Waals surface area contributed by atoms with Crippen molar-refractivity contribution >= 4 is 12.0 Å². The summed E-state index contributed by atoms with van der Waals surface area (Å²) in [4.78, 5) is 22.5. The monoisotopic (exact) mass is 242 g/mol. The number of hydrogen-bond donors (Lipinski definition) is 2. The van der Waals surface area contributed by atoms with Crippen molar-refractivity contribution in [3.05, 3.63) is 0 Å². The highest BCUT2D eigenvalue weighted by Crippen LogP contribution is 2.30. The Morgan fingerprint density at radius 2 is 1.88 bits per heavy atom. The number of hydrogen-bond acceptors (Lipinski definition) is 3. The highest BCUT2D eigenvalue weighted by Gasteiger charge is 2.32. The predicted molar refractivity (Wildman–Crippen MR) is 64.6 cm³/mol. The molecule has 5 heteroatoms. The fourth-order valence-corrected chi connectivity index (χ4v) is 1.86. The minimum Gasteiger partial charge on any atom is -0.444 e. The van der Waals surface area contributed by atoms with E-state index >= 15 is 0 Å². The molecule has 2 N–H and O–H groups in total. The van der Waals surface area contributed by atoms with E-state index in [4.69, 9.17) is 4.74 Å². The molecule has 0 atom stereocenters. The van der Waals surface area contributed by atoms with Crippen molar-refractivity contribution < 1.29 is 14.3 Å². The van der Waals surface area contributed by atoms with Crippen molar-refractivity contribution in [3.63, 3.8) is 0 Å². The molecule has 1 aliphatic rings. The van der Waals surface area contributed by atoms with E-state index in [0.717, 1.165) is 12.8 Å². The summed E-state index contributed by atoms with van der Waals surface area (Å²) < 4.78 is 5.15. The molecular formula is C12H22N2O3. The maximum Gasteiger partial charge on any atom is 0.407 e. The van der Waals surface area contributed by atoms with Gasteiger partial charge < -0.3 is 15.4 Å². The number of carbonyl (C=O) groups excluding carboxylic acids is 2. The number of nitrogens with one attached hydrogen (secondary N) is 2. The maximum atomic E-state index is 11.4. The predicted octanol–water partition coefficient (Wildman–Crippen LogP) is 1.43. The second kappa shape index (κ2) is 5.38. The van der Waals surface area contributed by atoms with Crippen LogP contribution in [0.1, 0.15) is 40.0 Å². The average molecular weight is 242 g/mol. The highest BCUT2D eigenvalue weighted by atomic mass is 16.6. The molecule has 5 nitrogen and oxygen atoms in total. The zero-order valence-electron chi connectivity index (χ0n) is 11.0. The third kappa shape index (κ3) is 5.06. The molecule has 1 saturated carbocycles. The summed E-state index contributed by atoms with van der Waals surface area (Å²) in [6.45, 7) is 5.51. The second-order valence-corrected chi connectivity index (χ2v) is 5.56. The number of rotatable bonds is 3. The molecule has 0 spiro atoms. The van der Waals surface area contributed by atoms with Gasteiger partial charge in [-0.1, -0.05) is 0 Å². The van der Waals surface area contributed by atoms with Gasteiger partial charge in [-0.25, -0.2) is 4.79 Å². The molecule has 1 fully saturated rings. The molecule has 0 unspecified atom stereocenters. The van der Waals surface area contributed by atoms with E-state index in [2.05, 4.69) is 10.6 Å². The summed E-state index contributed by atoms with van der Waals surface area (Å²) >= 11 is 0. The smallest absolute Gasteiger partial charge is 0.407 e. The van der Waals surface area contributed by atoms with Crippen molar-refractivity contribution in [2.45, 2.75) is 51.7 Å². The van der Waals surface area contributed by atoms with Gasteiger partial charge in [0.05, 0.1) is 0 Å². The number of amides is 2. The molecule has 0 aromatic rings. The molecule has 1 aliphatic carbocycles. The molecule has 1 rings (SSSR count). The molecule has 0 bridgehead atoms. The van der Waals surface area contributed by atoms with Crippen molar-refractivity contribution in [1.82, 2.24) is 10.6 Å². The lowest BCUT2D eigenvalue weighted by Crippen LogP contribution is -2.47. The van der Waals surface area contributed by atoms with Gasteiger partial charge in [0.1, 0.15) is 5.60 Å². The van der Waals surface area contributed by atoms with Crippen LogP contribution < -0.4 is 10.6 Å².